The van der Waals surface area contributed by atoms with Crippen LogP contribution in [0.2, 0.25) is 0 Å². The van der Waals surface area contributed by atoms with E-state index >= 15 is 0 Å². The topological polar surface area (TPSA) is 78.5 Å². The van der Waals surface area contributed by atoms with Crippen molar-refractivity contribution in [1.29, 1.82) is 0 Å². The molecule has 0 saturated carbocycles. The minimum atomic E-state index is -4.43. The van der Waals surface area contributed by atoms with E-state index in [1.165, 1.54) is 6.92 Å². The first-order chi connectivity index (χ1) is 12.2. The van der Waals surface area contributed by atoms with Gasteiger partial charge in [0.2, 0.25) is 11.8 Å². The van der Waals surface area contributed by atoms with Crippen molar-refractivity contribution in [3.63, 3.8) is 0 Å². The lowest BCUT2D eigenvalue weighted by Gasteiger charge is -2.31. The fourth-order valence-corrected chi connectivity index (χ4v) is 2.76. The molecule has 0 aromatic heterocycles. The molecule has 0 unspecified atom stereocenters. The number of likely N-dealkylation sites (tertiary alicyclic amines) is 1. The van der Waals surface area contributed by atoms with Crippen molar-refractivity contribution in [3.8, 4) is 0 Å². The van der Waals surface area contributed by atoms with Gasteiger partial charge in [0, 0.05) is 37.2 Å². The smallest absolute Gasteiger partial charge is 0.347 e. The summed E-state index contributed by atoms with van der Waals surface area (Å²) in [5, 5.41) is 4.49. The minimum absolute atomic E-state index is 0.213. The zero-order valence-corrected chi connectivity index (χ0v) is 14.2. The van der Waals surface area contributed by atoms with Crippen LogP contribution in [0, 0.1) is 5.92 Å². The number of carbonyl (C=O) groups excluding carboxylic acids is 3. The van der Waals surface area contributed by atoms with E-state index < -0.39 is 24.5 Å². The lowest BCUT2D eigenvalue weighted by atomic mass is 9.95. The zero-order valence-electron chi connectivity index (χ0n) is 14.2. The number of piperidine rings is 1. The maximum absolute atomic E-state index is 12.5. The van der Waals surface area contributed by atoms with Gasteiger partial charge >= 0.3 is 6.18 Å². The summed E-state index contributed by atoms with van der Waals surface area (Å²) in [7, 11) is 0. The molecule has 3 amide bonds. The molecule has 1 aromatic rings. The summed E-state index contributed by atoms with van der Waals surface area (Å²) in [4.78, 5) is 36.8. The molecule has 1 fully saturated rings. The van der Waals surface area contributed by atoms with Crippen molar-refractivity contribution in [1.82, 2.24) is 10.2 Å². The van der Waals surface area contributed by atoms with Crippen molar-refractivity contribution >= 4 is 23.4 Å². The number of carbonyl (C=O) groups is 3. The van der Waals surface area contributed by atoms with Crippen LogP contribution in [-0.2, 0) is 9.59 Å². The first-order valence-corrected chi connectivity index (χ1v) is 8.17. The SMILES string of the molecule is CC(=O)Nc1ccc(C(=O)N2CCC(C(=O)NCC(F)(F)F)CC2)cc1. The molecule has 142 valence electrons. The standard InChI is InChI=1S/C17H20F3N3O3/c1-11(24)22-14-4-2-13(3-5-14)16(26)23-8-6-12(7-9-23)15(25)21-10-17(18,19)20/h2-5,12H,6-10H2,1H3,(H,21,25)(H,22,24). The Kier molecular flexibility index (Phi) is 6.23. The Labute approximate surface area is 148 Å². The molecule has 0 aliphatic carbocycles. The number of anilines is 1. The van der Waals surface area contributed by atoms with Crippen LogP contribution >= 0.6 is 0 Å². The number of hydrogen-bond acceptors (Lipinski definition) is 3. The van der Waals surface area contributed by atoms with Gasteiger partial charge in [0.25, 0.3) is 5.91 Å². The number of rotatable bonds is 4. The molecule has 9 heteroatoms. The van der Waals surface area contributed by atoms with E-state index in [1.807, 2.05) is 5.32 Å². The zero-order chi connectivity index (χ0) is 19.3. The van der Waals surface area contributed by atoms with E-state index in [-0.39, 0.29) is 11.8 Å². The highest BCUT2D eigenvalue weighted by Gasteiger charge is 2.32. The molecule has 2 N–H and O–H groups in total. The maximum Gasteiger partial charge on any atom is 0.405 e. The van der Waals surface area contributed by atoms with Crippen LogP contribution in [0.4, 0.5) is 18.9 Å². The highest BCUT2D eigenvalue weighted by Crippen LogP contribution is 2.21. The highest BCUT2D eigenvalue weighted by atomic mass is 19.4. The molecule has 2 rings (SSSR count). The van der Waals surface area contributed by atoms with Crippen LogP contribution in [0.15, 0.2) is 24.3 Å². The predicted octanol–water partition coefficient (Wildman–Crippen LogP) is 2.18. The summed E-state index contributed by atoms with van der Waals surface area (Å²) in [6, 6.07) is 6.42. The Balaban J connectivity index is 1.86. The molecule has 0 radical (unpaired) electrons. The van der Waals surface area contributed by atoms with Crippen LogP contribution < -0.4 is 10.6 Å². The second-order valence-electron chi connectivity index (χ2n) is 6.16. The summed E-state index contributed by atoms with van der Waals surface area (Å²) in [5.41, 5.74) is 1.02. The molecule has 1 saturated heterocycles. The Morgan fingerprint density at radius 3 is 2.19 bits per heavy atom. The van der Waals surface area contributed by atoms with Gasteiger partial charge in [-0.15, -0.1) is 0 Å². The third-order valence-corrected chi connectivity index (χ3v) is 4.07. The van der Waals surface area contributed by atoms with Crippen LogP contribution in [0.3, 0.4) is 0 Å². The summed E-state index contributed by atoms with van der Waals surface area (Å²) < 4.78 is 36.4. The number of alkyl halides is 3. The molecule has 1 aliphatic rings. The minimum Gasteiger partial charge on any atom is -0.347 e. The van der Waals surface area contributed by atoms with Crippen LogP contribution in [0.5, 0.6) is 0 Å². The molecule has 1 aromatic carbocycles. The summed E-state index contributed by atoms with van der Waals surface area (Å²) in [6.07, 6.45) is -3.80. The molecule has 26 heavy (non-hydrogen) atoms. The largest absolute Gasteiger partial charge is 0.405 e. The fraction of sp³-hybridized carbons (Fsp3) is 0.471. The molecule has 1 aliphatic heterocycles. The van der Waals surface area contributed by atoms with Crippen LogP contribution in [0.25, 0.3) is 0 Å². The van der Waals surface area contributed by atoms with E-state index in [1.54, 1.807) is 29.2 Å². The van der Waals surface area contributed by atoms with Gasteiger partial charge in [-0.05, 0) is 37.1 Å². The monoisotopic (exact) mass is 371 g/mol. The van der Waals surface area contributed by atoms with Gasteiger partial charge in [-0.2, -0.15) is 13.2 Å². The molecule has 1 heterocycles. The molecule has 0 atom stereocenters. The first kappa shape index (κ1) is 19.7. The third kappa shape index (κ3) is 5.75. The van der Waals surface area contributed by atoms with Gasteiger partial charge in [-0.25, -0.2) is 0 Å². The lowest BCUT2D eigenvalue weighted by molar-refractivity contribution is -0.141. The normalized spacial score (nSPS) is 15.5. The maximum atomic E-state index is 12.5. The molecule has 0 spiro atoms. The molecular formula is C17H20F3N3O3. The average Bonchev–Trinajstić information content (AvgIpc) is 2.59. The number of amides is 3. The third-order valence-electron chi connectivity index (χ3n) is 4.07. The van der Waals surface area contributed by atoms with Crippen molar-refractivity contribution in [3.05, 3.63) is 29.8 Å². The predicted molar refractivity (Wildman–Crippen MR) is 88.4 cm³/mol. The van der Waals surface area contributed by atoms with Crippen molar-refractivity contribution in [2.24, 2.45) is 5.92 Å². The Hall–Kier alpha value is -2.58. The van der Waals surface area contributed by atoms with E-state index in [0.717, 1.165) is 0 Å². The van der Waals surface area contributed by atoms with Crippen LogP contribution in [0.1, 0.15) is 30.1 Å². The molecular weight excluding hydrogens is 351 g/mol. The van der Waals surface area contributed by atoms with Gasteiger partial charge in [-0.3, -0.25) is 14.4 Å². The molecule has 6 nitrogen and oxygen atoms in total. The summed E-state index contributed by atoms with van der Waals surface area (Å²) >= 11 is 0. The van der Waals surface area contributed by atoms with E-state index in [4.69, 9.17) is 0 Å². The van der Waals surface area contributed by atoms with Gasteiger partial charge in [-0.1, -0.05) is 0 Å². The second-order valence-corrected chi connectivity index (χ2v) is 6.16. The average molecular weight is 371 g/mol. The second kappa shape index (κ2) is 8.20. The number of nitrogens with zero attached hydrogens (tertiary/aromatic N) is 1. The highest BCUT2D eigenvalue weighted by molar-refractivity contribution is 5.95. The number of hydrogen-bond donors (Lipinski definition) is 2. The Morgan fingerprint density at radius 2 is 1.69 bits per heavy atom. The van der Waals surface area contributed by atoms with Crippen molar-refractivity contribution in [2.75, 3.05) is 25.0 Å². The first-order valence-electron chi connectivity index (χ1n) is 8.17. The summed E-state index contributed by atoms with van der Waals surface area (Å²) in [5.74, 6) is -1.58. The molecule has 0 bridgehead atoms. The van der Waals surface area contributed by atoms with Crippen molar-refractivity contribution in [2.45, 2.75) is 25.9 Å². The fourth-order valence-electron chi connectivity index (χ4n) is 2.76. The quantitative estimate of drug-likeness (QED) is 0.852. The van der Waals surface area contributed by atoms with E-state index in [9.17, 15) is 27.6 Å². The van der Waals surface area contributed by atoms with Crippen LogP contribution in [-0.4, -0.2) is 48.4 Å². The number of benzene rings is 1. The van der Waals surface area contributed by atoms with Gasteiger partial charge in [0.05, 0.1) is 0 Å². The lowest BCUT2D eigenvalue weighted by Crippen LogP contribution is -2.44. The van der Waals surface area contributed by atoms with Gasteiger partial charge in [0.15, 0.2) is 0 Å². The van der Waals surface area contributed by atoms with E-state index in [2.05, 4.69) is 5.32 Å². The Morgan fingerprint density at radius 1 is 1.12 bits per heavy atom. The van der Waals surface area contributed by atoms with E-state index in [0.29, 0.717) is 37.2 Å². The Bertz CT molecular complexity index is 666. The van der Waals surface area contributed by atoms with Gasteiger partial charge < -0.3 is 15.5 Å². The van der Waals surface area contributed by atoms with Crippen molar-refractivity contribution < 1.29 is 27.6 Å². The summed E-state index contributed by atoms with van der Waals surface area (Å²) in [6.45, 7) is 0.645. The number of halogens is 3. The number of nitrogens with one attached hydrogen (secondary N) is 2. The van der Waals surface area contributed by atoms with Gasteiger partial charge in [0.1, 0.15) is 6.54 Å².